The van der Waals surface area contributed by atoms with E-state index in [0.29, 0.717) is 0 Å². The second kappa shape index (κ2) is 6.31. The molecule has 0 unspecified atom stereocenters. The fraction of sp³-hybridized carbons (Fsp3) is 0.250. The molecule has 1 rings (SSSR count). The van der Waals surface area contributed by atoms with Gasteiger partial charge in [0.1, 0.15) is 5.82 Å². The van der Waals surface area contributed by atoms with Gasteiger partial charge in [-0.15, -0.1) is 6.42 Å². The number of amides is 1. The standard InChI is InChI=1S/C12H13FN2O3S/c1-3-8-14-12(16)9-15(2)19(17,18)11-6-4-10(13)5-7-11/h1,4-7H,8-9H2,2H3,(H,14,16). The quantitative estimate of drug-likeness (QED) is 0.785. The molecule has 0 atom stereocenters. The third kappa shape index (κ3) is 4.05. The number of nitrogens with one attached hydrogen (secondary N) is 1. The normalized spacial score (nSPS) is 11.1. The molecule has 1 N–H and O–H groups in total. The van der Waals surface area contributed by atoms with Gasteiger partial charge in [0.25, 0.3) is 0 Å². The molecule has 0 aliphatic heterocycles. The Morgan fingerprint density at radius 3 is 2.53 bits per heavy atom. The molecule has 5 nitrogen and oxygen atoms in total. The molecule has 1 aromatic rings. The maximum Gasteiger partial charge on any atom is 0.243 e. The van der Waals surface area contributed by atoms with Crippen LogP contribution in [0.4, 0.5) is 4.39 Å². The van der Waals surface area contributed by atoms with Crippen molar-refractivity contribution in [3.05, 3.63) is 30.1 Å². The smallest absolute Gasteiger partial charge is 0.243 e. The summed E-state index contributed by atoms with van der Waals surface area (Å²) in [7, 11) is -2.56. The van der Waals surface area contributed by atoms with Gasteiger partial charge in [-0.2, -0.15) is 4.31 Å². The highest BCUT2D eigenvalue weighted by Crippen LogP contribution is 2.14. The lowest BCUT2D eigenvalue weighted by atomic mass is 10.4. The van der Waals surface area contributed by atoms with Crippen LogP contribution in [0, 0.1) is 18.2 Å². The minimum atomic E-state index is -3.82. The van der Waals surface area contributed by atoms with Gasteiger partial charge in [0, 0.05) is 7.05 Å². The first-order chi connectivity index (χ1) is 8.87. The van der Waals surface area contributed by atoms with Crippen molar-refractivity contribution in [3.8, 4) is 12.3 Å². The van der Waals surface area contributed by atoms with E-state index in [4.69, 9.17) is 6.42 Å². The van der Waals surface area contributed by atoms with Gasteiger partial charge in [-0.1, -0.05) is 5.92 Å². The monoisotopic (exact) mass is 284 g/mol. The number of hydrogen-bond donors (Lipinski definition) is 1. The Hall–Kier alpha value is -1.91. The number of hydrogen-bond acceptors (Lipinski definition) is 3. The SMILES string of the molecule is C#CCNC(=O)CN(C)S(=O)(=O)c1ccc(F)cc1. The van der Waals surface area contributed by atoms with Gasteiger partial charge in [-0.3, -0.25) is 4.79 Å². The van der Waals surface area contributed by atoms with Crippen molar-refractivity contribution in [2.24, 2.45) is 0 Å². The van der Waals surface area contributed by atoms with Crippen LogP contribution in [-0.2, 0) is 14.8 Å². The Kier molecular flexibility index (Phi) is 5.03. The zero-order valence-corrected chi connectivity index (χ0v) is 11.1. The van der Waals surface area contributed by atoms with Gasteiger partial charge in [0.05, 0.1) is 18.0 Å². The highest BCUT2D eigenvalue weighted by Gasteiger charge is 2.22. The minimum Gasteiger partial charge on any atom is -0.344 e. The highest BCUT2D eigenvalue weighted by atomic mass is 32.2. The minimum absolute atomic E-state index is 0.0310. The Balaban J connectivity index is 2.80. The highest BCUT2D eigenvalue weighted by molar-refractivity contribution is 7.89. The number of carbonyl (C=O) groups is 1. The molecular weight excluding hydrogens is 271 g/mol. The summed E-state index contributed by atoms with van der Waals surface area (Å²) < 4.78 is 37.7. The largest absolute Gasteiger partial charge is 0.344 e. The summed E-state index contributed by atoms with van der Waals surface area (Å²) in [6.07, 6.45) is 4.97. The molecule has 102 valence electrons. The molecule has 0 aliphatic rings. The number of carbonyl (C=O) groups excluding carboxylic acids is 1. The van der Waals surface area contributed by atoms with E-state index < -0.39 is 21.7 Å². The summed E-state index contributed by atoms with van der Waals surface area (Å²) in [5.41, 5.74) is 0. The summed E-state index contributed by atoms with van der Waals surface area (Å²) in [5.74, 6) is 1.16. The number of terminal acetylenes is 1. The summed E-state index contributed by atoms with van der Waals surface area (Å²) >= 11 is 0. The van der Waals surface area contributed by atoms with Crippen molar-refractivity contribution < 1.29 is 17.6 Å². The maximum absolute atomic E-state index is 12.7. The van der Waals surface area contributed by atoms with E-state index >= 15 is 0 Å². The summed E-state index contributed by atoms with van der Waals surface area (Å²) in [6, 6.07) is 4.36. The lowest BCUT2D eigenvalue weighted by Gasteiger charge is -2.16. The first-order valence-corrected chi connectivity index (χ1v) is 6.74. The van der Waals surface area contributed by atoms with Crippen molar-refractivity contribution in [1.82, 2.24) is 9.62 Å². The third-order valence-electron chi connectivity index (χ3n) is 2.28. The molecule has 0 fully saturated rings. The molecule has 1 amide bonds. The van der Waals surface area contributed by atoms with Crippen LogP contribution in [0.3, 0.4) is 0 Å². The molecule has 0 aromatic heterocycles. The lowest BCUT2D eigenvalue weighted by Crippen LogP contribution is -2.38. The van der Waals surface area contributed by atoms with Crippen LogP contribution in [0.1, 0.15) is 0 Å². The van der Waals surface area contributed by atoms with E-state index in [0.717, 1.165) is 28.6 Å². The summed E-state index contributed by atoms with van der Waals surface area (Å²) in [6.45, 7) is -0.329. The molecule has 0 saturated carbocycles. The second-order valence-corrected chi connectivity index (χ2v) is 5.74. The number of nitrogens with zero attached hydrogens (tertiary/aromatic N) is 1. The van der Waals surface area contributed by atoms with Gasteiger partial charge >= 0.3 is 0 Å². The predicted molar refractivity (Wildman–Crippen MR) is 68.1 cm³/mol. The average Bonchev–Trinajstić information content (AvgIpc) is 2.36. The van der Waals surface area contributed by atoms with Crippen LogP contribution in [-0.4, -0.2) is 38.8 Å². The molecule has 19 heavy (non-hydrogen) atoms. The first kappa shape index (κ1) is 15.1. The fourth-order valence-corrected chi connectivity index (χ4v) is 2.41. The Morgan fingerprint density at radius 2 is 2.00 bits per heavy atom. The van der Waals surface area contributed by atoms with Crippen molar-refractivity contribution in [2.75, 3.05) is 20.1 Å². The fourth-order valence-electron chi connectivity index (χ4n) is 1.28. The third-order valence-corrected chi connectivity index (χ3v) is 4.09. The summed E-state index contributed by atoms with van der Waals surface area (Å²) in [5, 5.41) is 2.35. The first-order valence-electron chi connectivity index (χ1n) is 5.30. The van der Waals surface area contributed by atoms with Crippen LogP contribution in [0.25, 0.3) is 0 Å². The number of benzene rings is 1. The molecular formula is C12H13FN2O3S. The van der Waals surface area contributed by atoms with E-state index in [1.807, 2.05) is 0 Å². The molecule has 1 aromatic carbocycles. The van der Waals surface area contributed by atoms with Crippen molar-refractivity contribution in [3.63, 3.8) is 0 Å². The van der Waals surface area contributed by atoms with Gasteiger partial charge in [-0.25, -0.2) is 12.8 Å². The zero-order valence-electron chi connectivity index (χ0n) is 10.3. The Morgan fingerprint density at radius 1 is 1.42 bits per heavy atom. The Labute approximate surface area is 111 Å². The van der Waals surface area contributed by atoms with Gasteiger partial charge in [0.15, 0.2) is 0 Å². The van der Waals surface area contributed by atoms with Crippen LogP contribution in [0.15, 0.2) is 29.2 Å². The molecule has 0 radical (unpaired) electrons. The van der Waals surface area contributed by atoms with E-state index in [9.17, 15) is 17.6 Å². The zero-order chi connectivity index (χ0) is 14.5. The van der Waals surface area contributed by atoms with E-state index in [1.54, 1.807) is 0 Å². The Bertz CT molecular complexity index is 590. The number of sulfonamides is 1. The molecule has 0 spiro atoms. The summed E-state index contributed by atoms with van der Waals surface area (Å²) in [4.78, 5) is 11.3. The molecule has 0 bridgehead atoms. The van der Waals surface area contributed by atoms with Gasteiger partial charge in [-0.05, 0) is 24.3 Å². The maximum atomic E-state index is 12.7. The topological polar surface area (TPSA) is 66.5 Å². The lowest BCUT2D eigenvalue weighted by molar-refractivity contribution is -0.120. The van der Waals surface area contributed by atoms with Crippen LogP contribution < -0.4 is 5.32 Å². The molecule has 0 heterocycles. The van der Waals surface area contributed by atoms with Crippen molar-refractivity contribution in [1.29, 1.82) is 0 Å². The average molecular weight is 284 g/mol. The van der Waals surface area contributed by atoms with E-state index in [2.05, 4.69) is 11.2 Å². The number of rotatable bonds is 5. The predicted octanol–water partition coefficient (Wildman–Crippen LogP) is 0.196. The van der Waals surface area contributed by atoms with Crippen molar-refractivity contribution >= 4 is 15.9 Å². The number of likely N-dealkylation sites (N-methyl/N-ethyl adjacent to an activating group) is 1. The van der Waals surface area contributed by atoms with E-state index in [-0.39, 0.29) is 18.0 Å². The van der Waals surface area contributed by atoms with Gasteiger partial charge < -0.3 is 5.32 Å². The van der Waals surface area contributed by atoms with Crippen LogP contribution in [0.2, 0.25) is 0 Å². The second-order valence-electron chi connectivity index (χ2n) is 3.70. The molecule has 7 heteroatoms. The number of halogens is 1. The van der Waals surface area contributed by atoms with E-state index in [1.165, 1.54) is 7.05 Å². The van der Waals surface area contributed by atoms with Crippen LogP contribution >= 0.6 is 0 Å². The van der Waals surface area contributed by atoms with Crippen molar-refractivity contribution in [2.45, 2.75) is 4.90 Å². The molecule has 0 aliphatic carbocycles. The van der Waals surface area contributed by atoms with Crippen LogP contribution in [0.5, 0.6) is 0 Å². The molecule has 0 saturated heterocycles. The van der Waals surface area contributed by atoms with Gasteiger partial charge in [0.2, 0.25) is 15.9 Å².